The fraction of sp³-hybridized carbons (Fsp3) is 1.00. The molecule has 2 nitrogen and oxygen atoms in total. The van der Waals surface area contributed by atoms with E-state index in [1.54, 1.807) is 0 Å². The molecule has 1 aliphatic heterocycles. The molecule has 1 N–H and O–H groups in total. The van der Waals surface area contributed by atoms with Crippen molar-refractivity contribution in [1.82, 2.24) is 10.2 Å². The molecule has 0 bridgehead atoms. The lowest BCUT2D eigenvalue weighted by Crippen LogP contribution is -2.69. The van der Waals surface area contributed by atoms with Crippen molar-refractivity contribution in [3.63, 3.8) is 0 Å². The zero-order valence-corrected chi connectivity index (χ0v) is 12.6. The second-order valence-corrected chi connectivity index (χ2v) is 8.13. The maximum atomic E-state index is 4.00. The molecular formula is C17H30N2. The van der Waals surface area contributed by atoms with Crippen LogP contribution in [-0.4, -0.2) is 35.6 Å². The van der Waals surface area contributed by atoms with Crippen LogP contribution in [0.25, 0.3) is 0 Å². The molecule has 1 heterocycles. The van der Waals surface area contributed by atoms with Crippen molar-refractivity contribution in [2.24, 2.45) is 11.8 Å². The van der Waals surface area contributed by atoms with Gasteiger partial charge in [0, 0.05) is 24.2 Å². The fourth-order valence-electron chi connectivity index (χ4n) is 4.65. The van der Waals surface area contributed by atoms with Crippen molar-refractivity contribution >= 4 is 0 Å². The van der Waals surface area contributed by atoms with Crippen LogP contribution in [0.15, 0.2) is 0 Å². The number of nitrogens with one attached hydrogen (secondary N) is 1. The van der Waals surface area contributed by atoms with E-state index < -0.39 is 0 Å². The van der Waals surface area contributed by atoms with Crippen LogP contribution in [0.3, 0.4) is 0 Å². The SMILES string of the molecule is CC1(C2CC2)CNC2(CCCC2)CN1CCC1CC1. The molecule has 4 rings (SSSR count). The first-order valence-electron chi connectivity index (χ1n) is 8.70. The molecule has 0 amide bonds. The highest BCUT2D eigenvalue weighted by Gasteiger charge is 2.52. The third-order valence-electron chi connectivity index (χ3n) is 6.56. The van der Waals surface area contributed by atoms with Crippen LogP contribution >= 0.6 is 0 Å². The minimum absolute atomic E-state index is 0.475. The molecule has 2 heteroatoms. The van der Waals surface area contributed by atoms with Gasteiger partial charge in [0.25, 0.3) is 0 Å². The molecule has 19 heavy (non-hydrogen) atoms. The molecule has 0 radical (unpaired) electrons. The summed E-state index contributed by atoms with van der Waals surface area (Å²) in [6.45, 7) is 6.52. The number of rotatable bonds is 4. The van der Waals surface area contributed by atoms with Crippen molar-refractivity contribution in [1.29, 1.82) is 0 Å². The van der Waals surface area contributed by atoms with Gasteiger partial charge >= 0.3 is 0 Å². The first-order chi connectivity index (χ1) is 9.20. The van der Waals surface area contributed by atoms with Crippen LogP contribution in [-0.2, 0) is 0 Å². The van der Waals surface area contributed by atoms with E-state index in [9.17, 15) is 0 Å². The molecule has 108 valence electrons. The third kappa shape index (κ3) is 2.35. The average Bonchev–Trinajstić information content (AvgIpc) is 3.31. The van der Waals surface area contributed by atoms with E-state index in [-0.39, 0.29) is 0 Å². The molecule has 1 atom stereocenters. The molecule has 0 aromatic heterocycles. The Morgan fingerprint density at radius 2 is 1.84 bits per heavy atom. The van der Waals surface area contributed by atoms with Crippen LogP contribution in [0.4, 0.5) is 0 Å². The van der Waals surface area contributed by atoms with Crippen LogP contribution in [0.5, 0.6) is 0 Å². The summed E-state index contributed by atoms with van der Waals surface area (Å²) >= 11 is 0. The van der Waals surface area contributed by atoms with Crippen molar-refractivity contribution in [3.05, 3.63) is 0 Å². The summed E-state index contributed by atoms with van der Waals surface area (Å²) in [5, 5.41) is 4.00. The van der Waals surface area contributed by atoms with E-state index >= 15 is 0 Å². The summed E-state index contributed by atoms with van der Waals surface area (Å²) < 4.78 is 0. The van der Waals surface area contributed by atoms with Gasteiger partial charge in [-0.05, 0) is 57.4 Å². The lowest BCUT2D eigenvalue weighted by molar-refractivity contribution is 0.000974. The Morgan fingerprint density at radius 3 is 2.47 bits per heavy atom. The van der Waals surface area contributed by atoms with Crippen molar-refractivity contribution in [2.45, 2.75) is 75.8 Å². The Morgan fingerprint density at radius 1 is 1.11 bits per heavy atom. The molecule has 0 aromatic carbocycles. The summed E-state index contributed by atoms with van der Waals surface area (Å²) in [5.41, 5.74) is 0.973. The zero-order chi connectivity index (χ0) is 12.9. The first kappa shape index (κ1) is 12.6. The van der Waals surface area contributed by atoms with E-state index in [4.69, 9.17) is 0 Å². The first-order valence-corrected chi connectivity index (χ1v) is 8.70. The predicted octanol–water partition coefficient (Wildman–Crippen LogP) is 3.17. The summed E-state index contributed by atoms with van der Waals surface area (Å²) in [6.07, 6.45) is 13.2. The van der Waals surface area contributed by atoms with Gasteiger partial charge in [-0.3, -0.25) is 4.90 Å². The van der Waals surface area contributed by atoms with E-state index in [0.717, 1.165) is 11.8 Å². The summed E-state index contributed by atoms with van der Waals surface area (Å²) in [7, 11) is 0. The van der Waals surface area contributed by atoms with Gasteiger partial charge in [-0.1, -0.05) is 25.7 Å². The van der Waals surface area contributed by atoms with Gasteiger partial charge in [0.2, 0.25) is 0 Å². The smallest absolute Gasteiger partial charge is 0.0334 e. The highest BCUT2D eigenvalue weighted by atomic mass is 15.3. The second kappa shape index (κ2) is 4.46. The molecule has 1 spiro atoms. The zero-order valence-electron chi connectivity index (χ0n) is 12.6. The van der Waals surface area contributed by atoms with E-state index in [2.05, 4.69) is 17.1 Å². The molecule has 1 unspecified atom stereocenters. The van der Waals surface area contributed by atoms with Gasteiger partial charge in [-0.25, -0.2) is 0 Å². The molecule has 3 aliphatic carbocycles. The molecule has 4 aliphatic rings. The number of hydrogen-bond donors (Lipinski definition) is 1. The Bertz CT molecular complexity index is 339. The number of piperazine rings is 1. The molecular weight excluding hydrogens is 232 g/mol. The molecule has 3 saturated carbocycles. The highest BCUT2D eigenvalue weighted by molar-refractivity contribution is 5.10. The molecule has 0 aromatic rings. The van der Waals surface area contributed by atoms with Crippen molar-refractivity contribution < 1.29 is 0 Å². The van der Waals surface area contributed by atoms with Gasteiger partial charge in [0.1, 0.15) is 0 Å². The quantitative estimate of drug-likeness (QED) is 0.837. The highest BCUT2D eigenvalue weighted by Crippen LogP contribution is 2.47. The van der Waals surface area contributed by atoms with Crippen LogP contribution in [0.1, 0.15) is 64.7 Å². The van der Waals surface area contributed by atoms with Gasteiger partial charge in [-0.15, -0.1) is 0 Å². The van der Waals surface area contributed by atoms with Gasteiger partial charge in [-0.2, -0.15) is 0 Å². The van der Waals surface area contributed by atoms with Crippen molar-refractivity contribution in [3.8, 4) is 0 Å². The lowest BCUT2D eigenvalue weighted by atomic mass is 9.83. The maximum Gasteiger partial charge on any atom is 0.0334 e. The van der Waals surface area contributed by atoms with Crippen LogP contribution in [0.2, 0.25) is 0 Å². The van der Waals surface area contributed by atoms with Crippen LogP contribution in [0, 0.1) is 11.8 Å². The van der Waals surface area contributed by atoms with Crippen LogP contribution < -0.4 is 5.32 Å². The Balaban J connectivity index is 1.48. The second-order valence-electron chi connectivity index (χ2n) is 8.13. The topological polar surface area (TPSA) is 15.3 Å². The summed E-state index contributed by atoms with van der Waals surface area (Å²) in [4.78, 5) is 2.92. The summed E-state index contributed by atoms with van der Waals surface area (Å²) in [6, 6.07) is 0. The monoisotopic (exact) mass is 262 g/mol. The Labute approximate surface area is 118 Å². The summed E-state index contributed by atoms with van der Waals surface area (Å²) in [5.74, 6) is 2.07. The molecule has 4 fully saturated rings. The number of nitrogens with zero attached hydrogens (tertiary/aromatic N) is 1. The third-order valence-corrected chi connectivity index (χ3v) is 6.56. The van der Waals surface area contributed by atoms with Gasteiger partial charge < -0.3 is 5.32 Å². The standard InChI is InChI=1S/C17H30N2/c1-16(15-6-7-15)12-18-17(9-2-3-10-17)13-19(16)11-8-14-4-5-14/h14-15,18H,2-13H2,1H3. The van der Waals surface area contributed by atoms with Crippen molar-refractivity contribution in [2.75, 3.05) is 19.6 Å². The van der Waals surface area contributed by atoms with E-state index in [0.29, 0.717) is 11.1 Å². The molecule has 1 saturated heterocycles. The lowest BCUT2D eigenvalue weighted by Gasteiger charge is -2.53. The minimum atomic E-state index is 0.475. The predicted molar refractivity (Wildman–Crippen MR) is 79.2 cm³/mol. The Kier molecular flexibility index (Phi) is 2.97. The van der Waals surface area contributed by atoms with Gasteiger partial charge in [0.15, 0.2) is 0 Å². The largest absolute Gasteiger partial charge is 0.308 e. The average molecular weight is 262 g/mol. The number of hydrogen-bond acceptors (Lipinski definition) is 2. The van der Waals surface area contributed by atoms with E-state index in [1.165, 1.54) is 77.4 Å². The maximum absolute atomic E-state index is 4.00. The minimum Gasteiger partial charge on any atom is -0.308 e. The Hall–Kier alpha value is -0.0800. The van der Waals surface area contributed by atoms with Gasteiger partial charge in [0.05, 0.1) is 0 Å². The van der Waals surface area contributed by atoms with E-state index in [1.807, 2.05) is 0 Å². The normalized spacial score (nSPS) is 39.0. The fourth-order valence-corrected chi connectivity index (χ4v) is 4.65.